The summed E-state index contributed by atoms with van der Waals surface area (Å²) < 4.78 is 10.8. The first kappa shape index (κ1) is 40.5. The monoisotopic (exact) mass is 692 g/mol. The molecule has 0 saturated carbocycles. The first-order valence-electron chi connectivity index (χ1n) is 19.0. The lowest BCUT2D eigenvalue weighted by Gasteiger charge is -2.40. The number of ether oxygens (including phenoxy) is 2. The molecule has 1 aromatic heterocycles. The fraction of sp³-hybridized carbons (Fsp3) is 0.625. The largest absolute Gasteiger partial charge is 0.447 e. The fourth-order valence-electron chi connectivity index (χ4n) is 6.06. The maximum Gasteiger partial charge on any atom is 0.416 e. The highest BCUT2D eigenvalue weighted by Crippen LogP contribution is 2.22. The molecule has 2 heterocycles. The Morgan fingerprint density at radius 2 is 1.40 bits per heavy atom. The number of rotatable bonds is 24. The Hall–Kier alpha value is -3.95. The number of imide groups is 1. The highest BCUT2D eigenvalue weighted by atomic mass is 16.6. The minimum absolute atomic E-state index is 0.00293. The summed E-state index contributed by atoms with van der Waals surface area (Å²) in [5.74, 6) is -0.614. The van der Waals surface area contributed by atoms with Gasteiger partial charge in [0, 0.05) is 31.8 Å². The molecule has 10 heteroatoms. The van der Waals surface area contributed by atoms with Crippen LogP contribution in [0.5, 0.6) is 0 Å². The normalized spacial score (nSPS) is 13.7. The summed E-state index contributed by atoms with van der Waals surface area (Å²) in [5.41, 5.74) is 1.85. The standard InChI is InChI=1S/C40H60N4O6/c1-3-4-5-6-7-8-9-10-11-12-13-14-15-16-17-19-28-42-39(47)49-31-34-22-24-35(25-23-34)38(46)43-29-26-37(43)32-50-40(48)44(33(2)45)30-36-21-18-20-27-41-36/h18,20-25,27,37H,3-17,19,26,28-32H2,1-2H3,(H,42,47). The highest BCUT2D eigenvalue weighted by Gasteiger charge is 2.34. The summed E-state index contributed by atoms with van der Waals surface area (Å²) in [6.45, 7) is 4.85. The summed E-state index contributed by atoms with van der Waals surface area (Å²) >= 11 is 0. The van der Waals surface area contributed by atoms with E-state index in [1.54, 1.807) is 53.6 Å². The van der Waals surface area contributed by atoms with Crippen molar-refractivity contribution in [3.8, 4) is 0 Å². The van der Waals surface area contributed by atoms with Gasteiger partial charge in [-0.25, -0.2) is 14.5 Å². The lowest BCUT2D eigenvalue weighted by atomic mass is 10.0. The number of carbonyl (C=O) groups is 4. The van der Waals surface area contributed by atoms with Crippen molar-refractivity contribution in [3.63, 3.8) is 0 Å². The van der Waals surface area contributed by atoms with Crippen LogP contribution in [-0.4, -0.2) is 64.5 Å². The van der Waals surface area contributed by atoms with Crippen LogP contribution in [-0.2, 0) is 27.4 Å². The predicted molar refractivity (Wildman–Crippen MR) is 195 cm³/mol. The number of likely N-dealkylation sites (tertiary alicyclic amines) is 1. The van der Waals surface area contributed by atoms with Gasteiger partial charge < -0.3 is 19.7 Å². The summed E-state index contributed by atoms with van der Waals surface area (Å²) in [5, 5.41) is 2.83. The quantitative estimate of drug-likeness (QED) is 0.109. The number of nitrogens with one attached hydrogen (secondary N) is 1. The van der Waals surface area contributed by atoms with Gasteiger partial charge in [-0.3, -0.25) is 14.6 Å². The van der Waals surface area contributed by atoms with E-state index in [2.05, 4.69) is 17.2 Å². The fourth-order valence-corrected chi connectivity index (χ4v) is 6.06. The third-order valence-electron chi connectivity index (χ3n) is 9.32. The van der Waals surface area contributed by atoms with Crippen LogP contribution in [0.1, 0.15) is 145 Å². The molecule has 10 nitrogen and oxygen atoms in total. The Bertz CT molecular complexity index is 1270. The number of aromatic nitrogens is 1. The molecule has 1 N–H and O–H groups in total. The molecule has 1 aromatic carbocycles. The van der Waals surface area contributed by atoms with Gasteiger partial charge in [0.15, 0.2) is 0 Å². The lowest BCUT2D eigenvalue weighted by Crippen LogP contribution is -2.54. The Morgan fingerprint density at radius 1 is 0.800 bits per heavy atom. The molecule has 1 fully saturated rings. The Kier molecular flexibility index (Phi) is 19.6. The maximum absolute atomic E-state index is 13.1. The second kappa shape index (κ2) is 24.2. The average molecular weight is 693 g/mol. The summed E-state index contributed by atoms with van der Waals surface area (Å²) in [7, 11) is 0. The number of alkyl carbamates (subject to hydrolysis) is 1. The zero-order valence-electron chi connectivity index (χ0n) is 30.5. The molecular formula is C40H60N4O6. The molecule has 0 aliphatic carbocycles. The molecule has 50 heavy (non-hydrogen) atoms. The Labute approximate surface area is 299 Å². The zero-order chi connectivity index (χ0) is 35.8. The van der Waals surface area contributed by atoms with Crippen molar-refractivity contribution >= 4 is 24.0 Å². The van der Waals surface area contributed by atoms with Crippen molar-refractivity contribution in [2.24, 2.45) is 0 Å². The number of nitrogens with zero attached hydrogens (tertiary/aromatic N) is 3. The Morgan fingerprint density at radius 3 is 1.92 bits per heavy atom. The van der Waals surface area contributed by atoms with Gasteiger partial charge in [0.25, 0.3) is 5.91 Å². The molecule has 1 atom stereocenters. The molecule has 3 rings (SSSR count). The van der Waals surface area contributed by atoms with E-state index in [1.807, 2.05) is 0 Å². The van der Waals surface area contributed by atoms with Gasteiger partial charge >= 0.3 is 12.2 Å². The van der Waals surface area contributed by atoms with E-state index in [-0.39, 0.29) is 31.7 Å². The van der Waals surface area contributed by atoms with E-state index in [0.717, 1.165) is 23.3 Å². The molecule has 4 amide bonds. The molecule has 0 radical (unpaired) electrons. The second-order valence-electron chi connectivity index (χ2n) is 13.4. The molecule has 1 unspecified atom stereocenters. The second-order valence-corrected chi connectivity index (χ2v) is 13.4. The van der Waals surface area contributed by atoms with Crippen LogP contribution in [0.25, 0.3) is 0 Å². The third kappa shape index (κ3) is 15.7. The van der Waals surface area contributed by atoms with E-state index in [4.69, 9.17) is 9.47 Å². The lowest BCUT2D eigenvalue weighted by molar-refractivity contribution is -0.128. The zero-order valence-corrected chi connectivity index (χ0v) is 30.5. The maximum atomic E-state index is 13.1. The number of benzene rings is 1. The number of pyridine rings is 1. The van der Waals surface area contributed by atoms with Gasteiger partial charge in [0.1, 0.15) is 13.2 Å². The van der Waals surface area contributed by atoms with Crippen molar-refractivity contribution in [2.75, 3.05) is 19.7 Å². The molecule has 1 saturated heterocycles. The average Bonchev–Trinajstić information content (AvgIpc) is 3.11. The van der Waals surface area contributed by atoms with Crippen LogP contribution in [0.3, 0.4) is 0 Å². The molecule has 0 spiro atoms. The first-order chi connectivity index (χ1) is 24.4. The van der Waals surface area contributed by atoms with Crippen molar-refractivity contribution in [3.05, 3.63) is 65.5 Å². The van der Waals surface area contributed by atoms with Crippen molar-refractivity contribution in [2.45, 2.75) is 142 Å². The van der Waals surface area contributed by atoms with Crippen molar-refractivity contribution < 1.29 is 28.7 Å². The van der Waals surface area contributed by atoms with E-state index >= 15 is 0 Å². The molecule has 0 bridgehead atoms. The van der Waals surface area contributed by atoms with Crippen LogP contribution in [0, 0.1) is 0 Å². The number of amides is 4. The molecule has 2 aromatic rings. The van der Waals surface area contributed by atoms with Crippen LogP contribution >= 0.6 is 0 Å². The van der Waals surface area contributed by atoms with E-state index in [1.165, 1.54) is 96.8 Å². The molecule has 1 aliphatic heterocycles. The van der Waals surface area contributed by atoms with Crippen molar-refractivity contribution in [1.82, 2.24) is 20.1 Å². The van der Waals surface area contributed by atoms with E-state index in [9.17, 15) is 19.2 Å². The van der Waals surface area contributed by atoms with Gasteiger partial charge in [-0.05, 0) is 42.7 Å². The van der Waals surface area contributed by atoms with Crippen LogP contribution < -0.4 is 5.32 Å². The first-order valence-corrected chi connectivity index (χ1v) is 19.0. The highest BCUT2D eigenvalue weighted by molar-refractivity contribution is 5.95. The summed E-state index contributed by atoms with van der Waals surface area (Å²) in [6.07, 6.45) is 22.1. The SMILES string of the molecule is CCCCCCCCCCCCCCCCCCNC(=O)OCc1ccc(C(=O)N2CCC2COC(=O)N(Cc2ccccn2)C(C)=O)cc1. The minimum atomic E-state index is -0.763. The number of hydrogen-bond acceptors (Lipinski definition) is 7. The van der Waals surface area contributed by atoms with Crippen LogP contribution in [0.4, 0.5) is 9.59 Å². The van der Waals surface area contributed by atoms with Gasteiger partial charge in [-0.1, -0.05) is 121 Å². The van der Waals surface area contributed by atoms with Gasteiger partial charge in [-0.15, -0.1) is 0 Å². The third-order valence-corrected chi connectivity index (χ3v) is 9.32. The van der Waals surface area contributed by atoms with Crippen LogP contribution in [0.2, 0.25) is 0 Å². The Balaban J connectivity index is 1.20. The topological polar surface area (TPSA) is 118 Å². The molecule has 276 valence electrons. The van der Waals surface area contributed by atoms with E-state index in [0.29, 0.717) is 30.8 Å². The van der Waals surface area contributed by atoms with Gasteiger partial charge in [0.05, 0.1) is 18.3 Å². The van der Waals surface area contributed by atoms with Gasteiger partial charge in [0.2, 0.25) is 5.91 Å². The summed E-state index contributed by atoms with van der Waals surface area (Å²) in [4.78, 5) is 56.7. The number of hydrogen-bond donors (Lipinski definition) is 1. The van der Waals surface area contributed by atoms with Crippen LogP contribution in [0.15, 0.2) is 48.7 Å². The number of carbonyl (C=O) groups excluding carboxylic acids is 4. The predicted octanol–water partition coefficient (Wildman–Crippen LogP) is 8.97. The van der Waals surface area contributed by atoms with Gasteiger partial charge in [-0.2, -0.15) is 0 Å². The molecular weight excluding hydrogens is 632 g/mol. The van der Waals surface area contributed by atoms with Crippen molar-refractivity contribution in [1.29, 1.82) is 0 Å². The smallest absolute Gasteiger partial charge is 0.416 e. The minimum Gasteiger partial charge on any atom is -0.447 e. The van der Waals surface area contributed by atoms with E-state index < -0.39 is 18.1 Å². The summed E-state index contributed by atoms with van der Waals surface area (Å²) in [6, 6.07) is 12.0. The number of unbranched alkanes of at least 4 members (excludes halogenated alkanes) is 15. The molecule has 1 aliphatic rings.